The van der Waals surface area contributed by atoms with Crippen LogP contribution in [-0.4, -0.2) is 19.8 Å². The number of pyridine rings is 1. The molecule has 0 saturated carbocycles. The summed E-state index contributed by atoms with van der Waals surface area (Å²) in [5.74, 6) is -0.140. The van der Waals surface area contributed by atoms with Crippen LogP contribution in [0.2, 0.25) is 0 Å². The molecule has 1 N–H and O–H groups in total. The van der Waals surface area contributed by atoms with Crippen LogP contribution in [0.4, 0.5) is 0 Å². The van der Waals surface area contributed by atoms with Gasteiger partial charge in [-0.25, -0.2) is 9.97 Å². The van der Waals surface area contributed by atoms with Crippen molar-refractivity contribution in [1.29, 1.82) is 0 Å². The minimum Gasteiger partial charge on any atom is -0.506 e. The van der Waals surface area contributed by atoms with Crippen LogP contribution < -0.4 is 10.4 Å². The third-order valence-corrected chi connectivity index (χ3v) is 4.35. The van der Waals surface area contributed by atoms with Crippen LogP contribution in [0.3, 0.4) is 0 Å². The predicted molar refractivity (Wildman–Crippen MR) is 102 cm³/mol. The second-order valence-corrected chi connectivity index (χ2v) is 6.11. The highest BCUT2D eigenvalue weighted by Gasteiger charge is 2.21. The lowest BCUT2D eigenvalue weighted by atomic mass is 10.0. The maximum atomic E-state index is 13.2. The average molecular weight is 359 g/mol. The quantitative estimate of drug-likeness (QED) is 0.606. The molecule has 2 aromatic heterocycles. The van der Waals surface area contributed by atoms with Crippen LogP contribution in [0, 0.1) is 6.92 Å². The second-order valence-electron chi connectivity index (χ2n) is 6.11. The summed E-state index contributed by atoms with van der Waals surface area (Å²) in [5.41, 5.74) is 2.00. The number of fused-ring (bicyclic) bond motifs is 1. The van der Waals surface area contributed by atoms with E-state index in [9.17, 15) is 9.90 Å². The SMILES string of the molecule is Cc1ncnc2c1c(O)c(-c1ccccc1)c(=O)n2OCc1ccccc1. The molecule has 0 spiro atoms. The van der Waals surface area contributed by atoms with Crippen LogP contribution in [0.15, 0.2) is 71.8 Å². The third-order valence-electron chi connectivity index (χ3n) is 4.35. The van der Waals surface area contributed by atoms with Crippen LogP contribution in [0.1, 0.15) is 11.3 Å². The highest BCUT2D eigenvalue weighted by Crippen LogP contribution is 2.33. The Balaban J connectivity index is 1.94. The number of aromatic nitrogens is 3. The topological polar surface area (TPSA) is 77.2 Å². The highest BCUT2D eigenvalue weighted by molar-refractivity contribution is 5.91. The van der Waals surface area contributed by atoms with Crippen molar-refractivity contribution in [3.63, 3.8) is 0 Å². The third kappa shape index (κ3) is 3.01. The van der Waals surface area contributed by atoms with Gasteiger partial charge in [-0.1, -0.05) is 60.7 Å². The summed E-state index contributed by atoms with van der Waals surface area (Å²) in [4.78, 5) is 27.3. The summed E-state index contributed by atoms with van der Waals surface area (Å²) < 4.78 is 1.14. The van der Waals surface area contributed by atoms with Gasteiger partial charge in [0.15, 0.2) is 5.65 Å². The molecule has 0 atom stereocenters. The molecule has 134 valence electrons. The molecule has 0 unspecified atom stereocenters. The first-order valence-corrected chi connectivity index (χ1v) is 8.48. The van der Waals surface area contributed by atoms with Gasteiger partial charge in [-0.2, -0.15) is 0 Å². The monoisotopic (exact) mass is 359 g/mol. The molecule has 0 aliphatic heterocycles. The van der Waals surface area contributed by atoms with E-state index in [4.69, 9.17) is 4.84 Å². The van der Waals surface area contributed by atoms with Crippen LogP contribution in [0.5, 0.6) is 5.75 Å². The van der Waals surface area contributed by atoms with E-state index in [-0.39, 0.29) is 23.6 Å². The Kier molecular flexibility index (Phi) is 4.30. The highest BCUT2D eigenvalue weighted by atomic mass is 16.7. The summed E-state index contributed by atoms with van der Waals surface area (Å²) in [7, 11) is 0. The van der Waals surface area contributed by atoms with Crippen molar-refractivity contribution in [3.8, 4) is 16.9 Å². The molecule has 0 amide bonds. The van der Waals surface area contributed by atoms with E-state index >= 15 is 0 Å². The zero-order valence-electron chi connectivity index (χ0n) is 14.7. The number of nitrogens with zero attached hydrogens (tertiary/aromatic N) is 3. The molecule has 4 rings (SSSR count). The second kappa shape index (κ2) is 6.92. The molecular weight excluding hydrogens is 342 g/mol. The summed E-state index contributed by atoms with van der Waals surface area (Å²) in [5, 5.41) is 11.2. The summed E-state index contributed by atoms with van der Waals surface area (Å²) >= 11 is 0. The Morgan fingerprint density at radius 1 is 1.00 bits per heavy atom. The minimum atomic E-state index is -0.472. The lowest BCUT2D eigenvalue weighted by molar-refractivity contribution is 0.0980. The molecule has 0 saturated heterocycles. The van der Waals surface area contributed by atoms with E-state index in [1.165, 1.54) is 6.33 Å². The van der Waals surface area contributed by atoms with Crippen LogP contribution >= 0.6 is 0 Å². The van der Waals surface area contributed by atoms with Gasteiger partial charge in [0.2, 0.25) is 0 Å². The molecular formula is C21H17N3O3. The summed E-state index contributed by atoms with van der Waals surface area (Å²) in [6.45, 7) is 1.95. The van der Waals surface area contributed by atoms with Gasteiger partial charge in [0.05, 0.1) is 16.6 Å². The summed E-state index contributed by atoms with van der Waals surface area (Å²) in [6, 6.07) is 18.5. The Morgan fingerprint density at radius 3 is 2.37 bits per heavy atom. The molecule has 4 aromatic rings. The molecule has 0 aliphatic rings. The number of benzene rings is 2. The molecule has 0 fully saturated rings. The standard InChI is InChI=1S/C21H17N3O3/c1-14-17-19(25)18(16-10-6-3-7-11-16)21(26)24(20(17)23-13-22-14)27-12-15-8-4-2-5-9-15/h2-11,13,25H,12H2,1H3. The van der Waals surface area contributed by atoms with Gasteiger partial charge < -0.3 is 9.94 Å². The first-order valence-electron chi connectivity index (χ1n) is 8.48. The van der Waals surface area contributed by atoms with E-state index in [2.05, 4.69) is 9.97 Å². The first kappa shape index (κ1) is 16.8. The van der Waals surface area contributed by atoms with E-state index < -0.39 is 5.56 Å². The predicted octanol–water partition coefficient (Wildman–Crippen LogP) is 3.10. The van der Waals surface area contributed by atoms with Crippen molar-refractivity contribution in [3.05, 3.63) is 88.6 Å². The number of rotatable bonds is 4. The smallest absolute Gasteiger partial charge is 0.296 e. The lowest BCUT2D eigenvalue weighted by Crippen LogP contribution is -2.29. The molecule has 2 heterocycles. The maximum Gasteiger partial charge on any atom is 0.296 e. The van der Waals surface area contributed by atoms with Gasteiger partial charge in [-0.15, -0.1) is 4.73 Å². The number of hydrogen-bond donors (Lipinski definition) is 1. The minimum absolute atomic E-state index is 0.140. The zero-order valence-corrected chi connectivity index (χ0v) is 14.7. The zero-order chi connectivity index (χ0) is 18.8. The van der Waals surface area contributed by atoms with E-state index in [0.29, 0.717) is 16.6 Å². The molecule has 27 heavy (non-hydrogen) atoms. The fourth-order valence-electron chi connectivity index (χ4n) is 3.01. The molecule has 6 nitrogen and oxygen atoms in total. The maximum absolute atomic E-state index is 13.2. The van der Waals surface area contributed by atoms with E-state index in [1.807, 2.05) is 48.5 Å². The Morgan fingerprint density at radius 2 is 1.67 bits per heavy atom. The fraction of sp³-hybridized carbons (Fsp3) is 0.0952. The molecule has 0 bridgehead atoms. The Bertz CT molecular complexity index is 1160. The molecule has 0 aliphatic carbocycles. The van der Waals surface area contributed by atoms with Crippen LogP contribution in [0.25, 0.3) is 22.2 Å². The average Bonchev–Trinajstić information content (AvgIpc) is 2.69. The Hall–Kier alpha value is -3.67. The molecule has 0 radical (unpaired) electrons. The van der Waals surface area contributed by atoms with Gasteiger partial charge in [0.1, 0.15) is 18.7 Å². The van der Waals surface area contributed by atoms with Crippen molar-refractivity contribution < 1.29 is 9.94 Å². The van der Waals surface area contributed by atoms with E-state index in [0.717, 1.165) is 10.3 Å². The number of aryl methyl sites for hydroxylation is 1. The van der Waals surface area contributed by atoms with Gasteiger partial charge in [0, 0.05) is 0 Å². The van der Waals surface area contributed by atoms with Crippen molar-refractivity contribution in [2.75, 3.05) is 0 Å². The molecule has 2 aromatic carbocycles. The van der Waals surface area contributed by atoms with Gasteiger partial charge in [-0.05, 0) is 18.1 Å². The Labute approximate surface area is 155 Å². The van der Waals surface area contributed by atoms with Gasteiger partial charge in [-0.3, -0.25) is 4.79 Å². The van der Waals surface area contributed by atoms with Crippen molar-refractivity contribution >= 4 is 11.0 Å². The first-order chi connectivity index (χ1) is 13.2. The van der Waals surface area contributed by atoms with Crippen LogP contribution in [-0.2, 0) is 6.61 Å². The van der Waals surface area contributed by atoms with E-state index in [1.54, 1.807) is 19.1 Å². The normalized spacial score (nSPS) is 10.9. The molecule has 6 heteroatoms. The largest absolute Gasteiger partial charge is 0.506 e. The van der Waals surface area contributed by atoms with Crippen molar-refractivity contribution in [2.24, 2.45) is 0 Å². The van der Waals surface area contributed by atoms with Crippen molar-refractivity contribution in [2.45, 2.75) is 13.5 Å². The number of hydrogen-bond acceptors (Lipinski definition) is 5. The van der Waals surface area contributed by atoms with Crippen molar-refractivity contribution in [1.82, 2.24) is 14.7 Å². The summed E-state index contributed by atoms with van der Waals surface area (Å²) in [6.07, 6.45) is 1.35. The lowest BCUT2D eigenvalue weighted by Gasteiger charge is -2.15. The van der Waals surface area contributed by atoms with Gasteiger partial charge >= 0.3 is 0 Å². The van der Waals surface area contributed by atoms with Gasteiger partial charge in [0.25, 0.3) is 5.56 Å². The fourth-order valence-corrected chi connectivity index (χ4v) is 3.01. The number of aromatic hydroxyl groups is 1.